The Kier molecular flexibility index (Phi) is 4.48. The number of amides is 1. The first-order chi connectivity index (χ1) is 9.15. The molecule has 1 saturated carbocycles. The van der Waals surface area contributed by atoms with Crippen molar-refractivity contribution in [3.8, 4) is 0 Å². The van der Waals surface area contributed by atoms with Crippen LogP contribution in [-0.2, 0) is 11.3 Å². The van der Waals surface area contributed by atoms with Crippen LogP contribution < -0.4 is 5.32 Å². The fourth-order valence-corrected chi connectivity index (χ4v) is 2.38. The quantitative estimate of drug-likeness (QED) is 0.509. The van der Waals surface area contributed by atoms with Crippen LogP contribution in [-0.4, -0.2) is 26.7 Å². The average Bonchev–Trinajstić information content (AvgIpc) is 2.67. The zero-order chi connectivity index (χ0) is 13.7. The standard InChI is InChI=1S/C12H18N4O3/c17-12(14-10-5-3-1-2-4-6-10)9-15-8-11(7-13-15)16(18)19/h7-8,10H,1-6,9H2,(H,14,17). The van der Waals surface area contributed by atoms with E-state index >= 15 is 0 Å². The Morgan fingerprint density at radius 3 is 2.68 bits per heavy atom. The van der Waals surface area contributed by atoms with Crippen LogP contribution in [0.15, 0.2) is 12.4 Å². The van der Waals surface area contributed by atoms with E-state index < -0.39 is 4.92 Å². The van der Waals surface area contributed by atoms with E-state index in [0.29, 0.717) is 0 Å². The van der Waals surface area contributed by atoms with Crippen molar-refractivity contribution in [3.63, 3.8) is 0 Å². The first-order valence-corrected chi connectivity index (χ1v) is 6.61. The molecule has 1 aliphatic carbocycles. The van der Waals surface area contributed by atoms with Crippen LogP contribution in [0.3, 0.4) is 0 Å². The molecule has 2 rings (SSSR count). The van der Waals surface area contributed by atoms with Gasteiger partial charge in [0.2, 0.25) is 5.91 Å². The minimum absolute atomic E-state index is 0.0321. The summed E-state index contributed by atoms with van der Waals surface area (Å²) in [5.74, 6) is -0.134. The Morgan fingerprint density at radius 1 is 1.42 bits per heavy atom. The molecule has 7 nitrogen and oxygen atoms in total. The highest BCUT2D eigenvalue weighted by atomic mass is 16.6. The molecule has 0 atom stereocenters. The second-order valence-electron chi connectivity index (χ2n) is 4.91. The maximum atomic E-state index is 11.8. The summed E-state index contributed by atoms with van der Waals surface area (Å²) in [5.41, 5.74) is -0.0951. The summed E-state index contributed by atoms with van der Waals surface area (Å²) < 4.78 is 1.30. The van der Waals surface area contributed by atoms with Gasteiger partial charge in [0.25, 0.3) is 0 Å². The normalized spacial score (nSPS) is 16.8. The second-order valence-corrected chi connectivity index (χ2v) is 4.91. The van der Waals surface area contributed by atoms with E-state index in [1.165, 1.54) is 23.7 Å². The number of carbonyl (C=O) groups is 1. The van der Waals surface area contributed by atoms with Crippen molar-refractivity contribution in [1.82, 2.24) is 15.1 Å². The maximum Gasteiger partial charge on any atom is 0.307 e. The van der Waals surface area contributed by atoms with Gasteiger partial charge in [0, 0.05) is 6.04 Å². The molecule has 1 aromatic rings. The third-order valence-corrected chi connectivity index (χ3v) is 3.36. The second kappa shape index (κ2) is 6.31. The Balaban J connectivity index is 1.84. The fraction of sp³-hybridized carbons (Fsp3) is 0.667. The lowest BCUT2D eigenvalue weighted by Crippen LogP contribution is -2.36. The predicted molar refractivity (Wildman–Crippen MR) is 68.5 cm³/mol. The monoisotopic (exact) mass is 266 g/mol. The molecule has 1 amide bonds. The van der Waals surface area contributed by atoms with Gasteiger partial charge in [-0.1, -0.05) is 25.7 Å². The molecule has 0 spiro atoms. The molecule has 0 unspecified atom stereocenters. The number of nitrogens with one attached hydrogen (secondary N) is 1. The van der Waals surface area contributed by atoms with Crippen LogP contribution in [0.2, 0.25) is 0 Å². The van der Waals surface area contributed by atoms with Crippen LogP contribution >= 0.6 is 0 Å². The number of nitro groups is 1. The summed E-state index contributed by atoms with van der Waals surface area (Å²) in [6.07, 6.45) is 9.23. The minimum atomic E-state index is -0.521. The summed E-state index contributed by atoms with van der Waals surface area (Å²) >= 11 is 0. The third-order valence-electron chi connectivity index (χ3n) is 3.36. The smallest absolute Gasteiger partial charge is 0.307 e. The van der Waals surface area contributed by atoms with Gasteiger partial charge in [0.15, 0.2) is 0 Å². The highest BCUT2D eigenvalue weighted by Crippen LogP contribution is 2.17. The van der Waals surface area contributed by atoms with Gasteiger partial charge in [-0.25, -0.2) is 0 Å². The van der Waals surface area contributed by atoms with Crippen LogP contribution in [0.1, 0.15) is 38.5 Å². The SMILES string of the molecule is O=C(Cn1cc([N+](=O)[O-])cn1)NC1CCCCCC1. The van der Waals surface area contributed by atoms with Gasteiger partial charge in [0.05, 0.1) is 4.92 Å². The minimum Gasteiger partial charge on any atom is -0.352 e. The molecule has 1 N–H and O–H groups in total. The Bertz CT molecular complexity index is 450. The molecule has 0 aliphatic heterocycles. The zero-order valence-corrected chi connectivity index (χ0v) is 10.7. The van der Waals surface area contributed by atoms with Gasteiger partial charge in [0.1, 0.15) is 18.9 Å². The van der Waals surface area contributed by atoms with Gasteiger partial charge in [-0.05, 0) is 12.8 Å². The maximum absolute atomic E-state index is 11.8. The summed E-state index contributed by atoms with van der Waals surface area (Å²) in [7, 11) is 0. The van der Waals surface area contributed by atoms with Crippen molar-refractivity contribution in [2.75, 3.05) is 0 Å². The van der Waals surface area contributed by atoms with Crippen LogP contribution in [0.25, 0.3) is 0 Å². The third kappa shape index (κ3) is 4.04. The van der Waals surface area contributed by atoms with Gasteiger partial charge >= 0.3 is 5.69 Å². The number of rotatable bonds is 4. The molecule has 0 saturated heterocycles. The first-order valence-electron chi connectivity index (χ1n) is 6.61. The van der Waals surface area contributed by atoms with Crippen molar-refractivity contribution in [2.45, 2.75) is 51.1 Å². The lowest BCUT2D eigenvalue weighted by Gasteiger charge is -2.15. The summed E-state index contributed by atoms with van der Waals surface area (Å²) in [6, 6.07) is 0.237. The largest absolute Gasteiger partial charge is 0.352 e. The molecule has 1 aromatic heterocycles. The molecular weight excluding hydrogens is 248 g/mol. The Labute approximate surface area is 111 Å². The van der Waals surface area contributed by atoms with Crippen molar-refractivity contribution >= 4 is 11.6 Å². The molecule has 0 aromatic carbocycles. The van der Waals surface area contributed by atoms with Crippen molar-refractivity contribution in [1.29, 1.82) is 0 Å². The van der Waals surface area contributed by atoms with E-state index in [0.717, 1.165) is 31.9 Å². The lowest BCUT2D eigenvalue weighted by atomic mass is 10.1. The molecule has 0 bridgehead atoms. The van der Waals surface area contributed by atoms with E-state index in [4.69, 9.17) is 0 Å². The van der Waals surface area contributed by atoms with Gasteiger partial charge in [-0.3, -0.25) is 19.6 Å². The molecule has 19 heavy (non-hydrogen) atoms. The average molecular weight is 266 g/mol. The Hall–Kier alpha value is -1.92. The van der Waals surface area contributed by atoms with Crippen molar-refractivity contribution < 1.29 is 9.72 Å². The van der Waals surface area contributed by atoms with Crippen molar-refractivity contribution in [3.05, 3.63) is 22.5 Å². The van der Waals surface area contributed by atoms with Gasteiger partial charge < -0.3 is 5.32 Å². The molecule has 1 fully saturated rings. The molecule has 1 aliphatic rings. The highest BCUT2D eigenvalue weighted by Gasteiger charge is 2.16. The number of hydrogen-bond donors (Lipinski definition) is 1. The summed E-state index contributed by atoms with van der Waals surface area (Å²) in [4.78, 5) is 21.8. The lowest BCUT2D eigenvalue weighted by molar-refractivity contribution is -0.385. The topological polar surface area (TPSA) is 90.1 Å². The zero-order valence-electron chi connectivity index (χ0n) is 10.7. The van der Waals surface area contributed by atoms with Crippen molar-refractivity contribution in [2.24, 2.45) is 0 Å². The summed E-state index contributed by atoms with van der Waals surface area (Å²) in [5, 5.41) is 17.3. The van der Waals surface area contributed by atoms with Gasteiger partial charge in [-0.2, -0.15) is 5.10 Å². The predicted octanol–water partition coefficient (Wildman–Crippen LogP) is 1.63. The highest BCUT2D eigenvalue weighted by molar-refractivity contribution is 5.76. The van der Waals surface area contributed by atoms with E-state index in [1.54, 1.807) is 0 Å². The fourth-order valence-electron chi connectivity index (χ4n) is 2.38. The summed E-state index contributed by atoms with van der Waals surface area (Å²) in [6.45, 7) is 0.0321. The molecule has 1 heterocycles. The van der Waals surface area contributed by atoms with Gasteiger partial charge in [-0.15, -0.1) is 0 Å². The van der Waals surface area contributed by atoms with Crippen LogP contribution in [0.5, 0.6) is 0 Å². The number of aromatic nitrogens is 2. The van der Waals surface area contributed by atoms with E-state index in [-0.39, 0.29) is 24.2 Å². The van der Waals surface area contributed by atoms with E-state index in [9.17, 15) is 14.9 Å². The molecule has 0 radical (unpaired) electrons. The van der Waals surface area contributed by atoms with Crippen LogP contribution in [0, 0.1) is 10.1 Å². The number of nitrogens with zero attached hydrogens (tertiary/aromatic N) is 3. The molecular formula is C12H18N4O3. The number of carbonyl (C=O) groups excluding carboxylic acids is 1. The van der Waals surface area contributed by atoms with E-state index in [2.05, 4.69) is 10.4 Å². The molecule has 7 heteroatoms. The number of hydrogen-bond acceptors (Lipinski definition) is 4. The van der Waals surface area contributed by atoms with Crippen LogP contribution in [0.4, 0.5) is 5.69 Å². The first kappa shape index (κ1) is 13.5. The Morgan fingerprint density at radius 2 is 2.11 bits per heavy atom. The van der Waals surface area contributed by atoms with E-state index in [1.807, 2.05) is 0 Å². The molecule has 104 valence electrons.